The van der Waals surface area contributed by atoms with Crippen LogP contribution in [0.4, 0.5) is 0 Å². The molecule has 0 aromatic carbocycles. The number of nitrogens with zero attached hydrogens (tertiary/aromatic N) is 1. The van der Waals surface area contributed by atoms with Gasteiger partial charge in [-0.05, 0) is 32.7 Å². The van der Waals surface area contributed by atoms with Crippen molar-refractivity contribution in [1.29, 1.82) is 0 Å². The van der Waals surface area contributed by atoms with E-state index in [0.29, 0.717) is 12.1 Å². The second-order valence-electron chi connectivity index (χ2n) is 6.43. The van der Waals surface area contributed by atoms with Gasteiger partial charge in [-0.25, -0.2) is 0 Å². The van der Waals surface area contributed by atoms with E-state index in [9.17, 15) is 0 Å². The molecule has 1 saturated carbocycles. The Balaban J connectivity index is 2.07. The maximum atomic E-state index is 6.44. The van der Waals surface area contributed by atoms with Crippen LogP contribution < -0.4 is 5.73 Å². The van der Waals surface area contributed by atoms with Crippen LogP contribution in [0.1, 0.15) is 59.3 Å². The SMILES string of the molecule is CCCCN(C(C)CC)C1CC2(CCC1N)OCCO2. The van der Waals surface area contributed by atoms with E-state index in [2.05, 4.69) is 25.7 Å². The Kier molecular flexibility index (Phi) is 5.84. The van der Waals surface area contributed by atoms with E-state index in [1.54, 1.807) is 0 Å². The van der Waals surface area contributed by atoms with E-state index >= 15 is 0 Å². The summed E-state index contributed by atoms with van der Waals surface area (Å²) in [7, 11) is 0. The lowest BCUT2D eigenvalue weighted by atomic mass is 9.84. The highest BCUT2D eigenvalue weighted by Gasteiger charge is 2.46. The van der Waals surface area contributed by atoms with Crippen molar-refractivity contribution >= 4 is 0 Å². The zero-order chi connectivity index (χ0) is 14.6. The molecule has 2 rings (SSSR count). The van der Waals surface area contributed by atoms with Crippen LogP contribution in [0.15, 0.2) is 0 Å². The normalized spacial score (nSPS) is 31.1. The number of unbranched alkanes of at least 4 members (excludes halogenated alkanes) is 1. The Hall–Kier alpha value is -0.160. The minimum Gasteiger partial charge on any atom is -0.347 e. The zero-order valence-corrected chi connectivity index (χ0v) is 13.4. The first-order chi connectivity index (χ1) is 9.62. The molecule has 1 spiro atoms. The lowest BCUT2D eigenvalue weighted by Gasteiger charge is -2.46. The van der Waals surface area contributed by atoms with E-state index in [1.165, 1.54) is 19.3 Å². The van der Waals surface area contributed by atoms with Crippen molar-refractivity contribution in [3.63, 3.8) is 0 Å². The van der Waals surface area contributed by atoms with Crippen molar-refractivity contribution < 1.29 is 9.47 Å². The maximum absolute atomic E-state index is 6.44. The first-order valence-corrected chi connectivity index (χ1v) is 8.41. The Labute approximate surface area is 124 Å². The Morgan fingerprint density at radius 3 is 2.60 bits per heavy atom. The second kappa shape index (κ2) is 7.21. The van der Waals surface area contributed by atoms with Crippen LogP contribution in [-0.2, 0) is 9.47 Å². The Morgan fingerprint density at radius 2 is 2.00 bits per heavy atom. The highest BCUT2D eigenvalue weighted by atomic mass is 16.7. The molecule has 0 aromatic rings. The third-order valence-corrected chi connectivity index (χ3v) is 5.04. The number of rotatable bonds is 6. The predicted molar refractivity (Wildman–Crippen MR) is 81.6 cm³/mol. The van der Waals surface area contributed by atoms with Crippen LogP contribution in [0.25, 0.3) is 0 Å². The van der Waals surface area contributed by atoms with E-state index in [0.717, 1.165) is 39.0 Å². The number of ether oxygens (including phenoxy) is 2. The molecule has 4 nitrogen and oxygen atoms in total. The predicted octanol–water partition coefficient (Wildman–Crippen LogP) is 2.51. The summed E-state index contributed by atoms with van der Waals surface area (Å²) in [6.07, 6.45) is 6.52. The molecule has 2 aliphatic rings. The monoisotopic (exact) mass is 284 g/mol. The van der Waals surface area contributed by atoms with Crippen LogP contribution in [0.3, 0.4) is 0 Å². The smallest absolute Gasteiger partial charge is 0.170 e. The first kappa shape index (κ1) is 16.2. The summed E-state index contributed by atoms with van der Waals surface area (Å²) in [4.78, 5) is 2.61. The summed E-state index contributed by atoms with van der Waals surface area (Å²) in [5, 5.41) is 0. The Bertz CT molecular complexity index is 292. The van der Waals surface area contributed by atoms with Gasteiger partial charge in [-0.15, -0.1) is 0 Å². The van der Waals surface area contributed by atoms with Crippen molar-refractivity contribution in [2.24, 2.45) is 5.73 Å². The quantitative estimate of drug-likeness (QED) is 0.814. The summed E-state index contributed by atoms with van der Waals surface area (Å²) in [5.74, 6) is -0.335. The average molecular weight is 284 g/mol. The average Bonchev–Trinajstić information content (AvgIpc) is 2.91. The van der Waals surface area contributed by atoms with Gasteiger partial charge in [-0.3, -0.25) is 4.90 Å². The lowest BCUT2D eigenvalue weighted by Crippen LogP contribution is -2.58. The van der Waals surface area contributed by atoms with Gasteiger partial charge in [0.25, 0.3) is 0 Å². The third kappa shape index (κ3) is 3.53. The fourth-order valence-electron chi connectivity index (χ4n) is 3.56. The summed E-state index contributed by atoms with van der Waals surface area (Å²) >= 11 is 0. The molecule has 1 aliphatic heterocycles. The number of hydrogen-bond acceptors (Lipinski definition) is 4. The summed E-state index contributed by atoms with van der Waals surface area (Å²) in [6, 6.07) is 1.22. The molecule has 2 N–H and O–H groups in total. The minimum absolute atomic E-state index is 0.249. The topological polar surface area (TPSA) is 47.7 Å². The van der Waals surface area contributed by atoms with Gasteiger partial charge < -0.3 is 15.2 Å². The molecule has 3 unspecified atom stereocenters. The molecule has 1 aliphatic carbocycles. The molecule has 0 radical (unpaired) electrons. The van der Waals surface area contributed by atoms with Crippen molar-refractivity contribution in [3.8, 4) is 0 Å². The molecule has 0 aromatic heterocycles. The van der Waals surface area contributed by atoms with E-state index < -0.39 is 0 Å². The largest absolute Gasteiger partial charge is 0.347 e. The van der Waals surface area contributed by atoms with E-state index in [-0.39, 0.29) is 11.8 Å². The molecule has 4 heteroatoms. The van der Waals surface area contributed by atoms with Crippen molar-refractivity contribution in [2.75, 3.05) is 19.8 Å². The second-order valence-corrected chi connectivity index (χ2v) is 6.43. The van der Waals surface area contributed by atoms with Crippen LogP contribution in [-0.4, -0.2) is 48.6 Å². The molecule has 1 heterocycles. The third-order valence-electron chi connectivity index (χ3n) is 5.04. The molecular weight excluding hydrogens is 252 g/mol. The van der Waals surface area contributed by atoms with Gasteiger partial charge in [0.1, 0.15) is 0 Å². The van der Waals surface area contributed by atoms with E-state index in [4.69, 9.17) is 15.2 Å². The van der Waals surface area contributed by atoms with Gasteiger partial charge in [0.15, 0.2) is 5.79 Å². The van der Waals surface area contributed by atoms with Gasteiger partial charge in [0.05, 0.1) is 13.2 Å². The lowest BCUT2D eigenvalue weighted by molar-refractivity contribution is -0.193. The Morgan fingerprint density at radius 1 is 1.30 bits per heavy atom. The molecular formula is C16H32N2O2. The summed E-state index contributed by atoms with van der Waals surface area (Å²) < 4.78 is 11.8. The van der Waals surface area contributed by atoms with Gasteiger partial charge in [-0.2, -0.15) is 0 Å². The number of nitrogens with two attached hydrogens (primary N) is 1. The highest BCUT2D eigenvalue weighted by Crippen LogP contribution is 2.38. The fraction of sp³-hybridized carbons (Fsp3) is 1.00. The van der Waals surface area contributed by atoms with Crippen LogP contribution in [0.5, 0.6) is 0 Å². The zero-order valence-electron chi connectivity index (χ0n) is 13.4. The van der Waals surface area contributed by atoms with Gasteiger partial charge in [0, 0.05) is 31.0 Å². The summed E-state index contributed by atoms with van der Waals surface area (Å²) in [6.45, 7) is 9.44. The highest BCUT2D eigenvalue weighted by molar-refractivity contribution is 4.96. The minimum atomic E-state index is -0.335. The van der Waals surface area contributed by atoms with E-state index in [1.807, 2.05) is 0 Å². The van der Waals surface area contributed by atoms with Crippen molar-refractivity contribution in [1.82, 2.24) is 4.90 Å². The van der Waals surface area contributed by atoms with Crippen LogP contribution >= 0.6 is 0 Å². The number of hydrogen-bond donors (Lipinski definition) is 1. The molecule has 118 valence electrons. The first-order valence-electron chi connectivity index (χ1n) is 8.41. The van der Waals surface area contributed by atoms with Crippen molar-refractivity contribution in [3.05, 3.63) is 0 Å². The summed E-state index contributed by atoms with van der Waals surface area (Å²) in [5.41, 5.74) is 6.44. The van der Waals surface area contributed by atoms with Gasteiger partial charge in [-0.1, -0.05) is 20.3 Å². The fourth-order valence-corrected chi connectivity index (χ4v) is 3.56. The molecule has 0 amide bonds. The van der Waals surface area contributed by atoms with Crippen molar-refractivity contribution in [2.45, 2.75) is 83.2 Å². The molecule has 3 atom stereocenters. The van der Waals surface area contributed by atoms with Crippen LogP contribution in [0.2, 0.25) is 0 Å². The van der Waals surface area contributed by atoms with Gasteiger partial charge in [0.2, 0.25) is 0 Å². The molecule has 0 bridgehead atoms. The van der Waals surface area contributed by atoms with Gasteiger partial charge >= 0.3 is 0 Å². The van der Waals surface area contributed by atoms with Crippen LogP contribution in [0, 0.1) is 0 Å². The molecule has 2 fully saturated rings. The molecule has 1 saturated heterocycles. The maximum Gasteiger partial charge on any atom is 0.170 e. The standard InChI is InChI=1S/C16H32N2O2/c1-4-6-9-18(13(3)5-2)15-12-16(8-7-14(15)17)19-10-11-20-16/h13-15H,4-12,17H2,1-3H3. The molecule has 20 heavy (non-hydrogen) atoms.